The SMILES string of the molecule is CCOCc1nnc(NS(=O)(=O)c2ccc(OC)cc2)s1. The van der Waals surface area contributed by atoms with Gasteiger partial charge in [0, 0.05) is 6.61 Å². The Morgan fingerprint density at radius 3 is 2.57 bits per heavy atom. The Hall–Kier alpha value is -1.71. The molecule has 0 aliphatic carbocycles. The van der Waals surface area contributed by atoms with E-state index in [1.54, 1.807) is 12.1 Å². The van der Waals surface area contributed by atoms with Crippen molar-refractivity contribution >= 4 is 26.5 Å². The molecule has 7 nitrogen and oxygen atoms in total. The van der Waals surface area contributed by atoms with Crippen LogP contribution in [0.25, 0.3) is 0 Å². The second-order valence-electron chi connectivity index (χ2n) is 3.92. The van der Waals surface area contributed by atoms with Crippen LogP contribution < -0.4 is 9.46 Å². The topological polar surface area (TPSA) is 90.4 Å². The maximum absolute atomic E-state index is 12.2. The van der Waals surface area contributed by atoms with Crippen molar-refractivity contribution < 1.29 is 17.9 Å². The fourth-order valence-electron chi connectivity index (χ4n) is 1.47. The third-order valence-corrected chi connectivity index (χ3v) is 4.78. The average Bonchev–Trinajstić information content (AvgIpc) is 2.92. The van der Waals surface area contributed by atoms with Crippen molar-refractivity contribution in [2.75, 3.05) is 18.4 Å². The van der Waals surface area contributed by atoms with Crippen molar-refractivity contribution in [2.24, 2.45) is 0 Å². The summed E-state index contributed by atoms with van der Waals surface area (Å²) in [5.74, 6) is 0.587. The number of nitrogens with zero attached hydrogens (tertiary/aromatic N) is 2. The van der Waals surface area contributed by atoms with Crippen LogP contribution >= 0.6 is 11.3 Å². The molecule has 2 rings (SSSR count). The van der Waals surface area contributed by atoms with Crippen molar-refractivity contribution in [1.29, 1.82) is 0 Å². The second kappa shape index (κ2) is 6.83. The van der Waals surface area contributed by atoms with Gasteiger partial charge in [-0.15, -0.1) is 10.2 Å². The number of ether oxygens (including phenoxy) is 2. The maximum Gasteiger partial charge on any atom is 0.263 e. The van der Waals surface area contributed by atoms with Crippen molar-refractivity contribution in [1.82, 2.24) is 10.2 Å². The average molecular weight is 329 g/mol. The minimum absolute atomic E-state index is 0.129. The summed E-state index contributed by atoms with van der Waals surface area (Å²) in [6, 6.07) is 6.08. The van der Waals surface area contributed by atoms with E-state index in [1.807, 2.05) is 6.92 Å². The van der Waals surface area contributed by atoms with E-state index in [9.17, 15) is 8.42 Å². The molecule has 1 aromatic carbocycles. The van der Waals surface area contributed by atoms with Gasteiger partial charge in [0.1, 0.15) is 17.4 Å². The fourth-order valence-corrected chi connectivity index (χ4v) is 3.38. The van der Waals surface area contributed by atoms with Crippen molar-refractivity contribution in [3.05, 3.63) is 29.3 Å². The molecule has 0 spiro atoms. The van der Waals surface area contributed by atoms with Gasteiger partial charge in [0.25, 0.3) is 10.0 Å². The smallest absolute Gasteiger partial charge is 0.263 e. The van der Waals surface area contributed by atoms with E-state index in [4.69, 9.17) is 9.47 Å². The molecule has 0 bridgehead atoms. The molecule has 0 aliphatic heterocycles. The van der Waals surface area contributed by atoms with Crippen LogP contribution in [-0.2, 0) is 21.4 Å². The first-order chi connectivity index (χ1) is 10.0. The van der Waals surface area contributed by atoms with Crippen molar-refractivity contribution in [3.63, 3.8) is 0 Å². The molecule has 114 valence electrons. The summed E-state index contributed by atoms with van der Waals surface area (Å²) in [7, 11) is -2.17. The molecule has 0 unspecified atom stereocenters. The molecule has 0 radical (unpaired) electrons. The minimum Gasteiger partial charge on any atom is -0.497 e. The highest BCUT2D eigenvalue weighted by atomic mass is 32.2. The van der Waals surface area contributed by atoms with Crippen LogP contribution in [0.3, 0.4) is 0 Å². The molecule has 0 aliphatic rings. The lowest BCUT2D eigenvalue weighted by atomic mass is 10.3. The molecule has 2 aromatic rings. The van der Waals surface area contributed by atoms with Gasteiger partial charge in [0.05, 0.1) is 12.0 Å². The van der Waals surface area contributed by atoms with Crippen LogP contribution in [0, 0.1) is 0 Å². The Kier molecular flexibility index (Phi) is 5.10. The Morgan fingerprint density at radius 2 is 1.95 bits per heavy atom. The van der Waals surface area contributed by atoms with E-state index < -0.39 is 10.0 Å². The van der Waals surface area contributed by atoms with Crippen molar-refractivity contribution in [3.8, 4) is 5.75 Å². The van der Waals surface area contributed by atoms with Crippen LogP contribution in [-0.4, -0.2) is 32.3 Å². The molecule has 0 atom stereocenters. The highest BCUT2D eigenvalue weighted by molar-refractivity contribution is 7.93. The zero-order valence-corrected chi connectivity index (χ0v) is 13.2. The Balaban J connectivity index is 2.10. The zero-order chi connectivity index (χ0) is 15.3. The number of hydrogen-bond donors (Lipinski definition) is 1. The Bertz CT molecular complexity index is 683. The number of rotatable bonds is 7. The first-order valence-electron chi connectivity index (χ1n) is 6.12. The number of nitrogens with one attached hydrogen (secondary N) is 1. The summed E-state index contributed by atoms with van der Waals surface area (Å²) < 4.78 is 36.9. The number of benzene rings is 1. The molecule has 9 heteroatoms. The summed E-state index contributed by atoms with van der Waals surface area (Å²) >= 11 is 1.14. The molecule has 1 N–H and O–H groups in total. The number of aromatic nitrogens is 2. The Labute approximate surface area is 127 Å². The predicted octanol–water partition coefficient (Wildman–Crippen LogP) is 1.88. The van der Waals surface area contributed by atoms with Gasteiger partial charge >= 0.3 is 0 Å². The second-order valence-corrected chi connectivity index (χ2v) is 6.66. The lowest BCUT2D eigenvalue weighted by Crippen LogP contribution is -2.12. The van der Waals surface area contributed by atoms with E-state index >= 15 is 0 Å². The standard InChI is InChI=1S/C12H15N3O4S2/c1-3-19-8-11-13-14-12(20-11)15-21(16,17)10-6-4-9(18-2)5-7-10/h4-7H,3,8H2,1-2H3,(H,14,15). The van der Waals surface area contributed by atoms with Crippen LogP contribution in [0.4, 0.5) is 5.13 Å². The molecular formula is C12H15N3O4S2. The number of methoxy groups -OCH3 is 1. The van der Waals surface area contributed by atoms with Gasteiger partial charge in [-0.05, 0) is 31.2 Å². The number of hydrogen-bond acceptors (Lipinski definition) is 7. The summed E-state index contributed by atoms with van der Waals surface area (Å²) in [5.41, 5.74) is 0. The minimum atomic E-state index is -3.68. The predicted molar refractivity (Wildman–Crippen MR) is 79.0 cm³/mol. The zero-order valence-electron chi connectivity index (χ0n) is 11.6. The monoisotopic (exact) mass is 329 g/mol. The fraction of sp³-hybridized carbons (Fsp3) is 0.333. The molecule has 0 amide bonds. The van der Waals surface area contributed by atoms with Crippen LogP contribution in [0.1, 0.15) is 11.9 Å². The molecule has 0 saturated heterocycles. The van der Waals surface area contributed by atoms with Gasteiger partial charge in [-0.25, -0.2) is 8.42 Å². The molecular weight excluding hydrogens is 314 g/mol. The van der Waals surface area contributed by atoms with Crippen LogP contribution in [0.15, 0.2) is 29.2 Å². The van der Waals surface area contributed by atoms with Gasteiger partial charge in [-0.2, -0.15) is 0 Å². The van der Waals surface area contributed by atoms with E-state index in [0.717, 1.165) is 11.3 Å². The molecule has 1 heterocycles. The maximum atomic E-state index is 12.2. The first-order valence-corrected chi connectivity index (χ1v) is 8.42. The molecule has 0 fully saturated rings. The molecule has 21 heavy (non-hydrogen) atoms. The highest BCUT2D eigenvalue weighted by Gasteiger charge is 2.16. The van der Waals surface area contributed by atoms with Gasteiger partial charge in [-0.1, -0.05) is 11.3 Å². The van der Waals surface area contributed by atoms with E-state index in [2.05, 4.69) is 14.9 Å². The van der Waals surface area contributed by atoms with Gasteiger partial charge in [0.15, 0.2) is 0 Å². The summed E-state index contributed by atoms with van der Waals surface area (Å²) in [6.45, 7) is 2.75. The summed E-state index contributed by atoms with van der Waals surface area (Å²) in [4.78, 5) is 0.129. The third kappa shape index (κ3) is 4.13. The number of sulfonamides is 1. The van der Waals surface area contributed by atoms with E-state index in [0.29, 0.717) is 24.0 Å². The van der Waals surface area contributed by atoms with Crippen molar-refractivity contribution in [2.45, 2.75) is 18.4 Å². The highest BCUT2D eigenvalue weighted by Crippen LogP contribution is 2.21. The van der Waals surface area contributed by atoms with Gasteiger partial charge in [0.2, 0.25) is 5.13 Å². The van der Waals surface area contributed by atoms with Crippen LogP contribution in [0.2, 0.25) is 0 Å². The lowest BCUT2D eigenvalue weighted by molar-refractivity contribution is 0.133. The van der Waals surface area contributed by atoms with Crippen LogP contribution in [0.5, 0.6) is 5.75 Å². The number of anilines is 1. The largest absolute Gasteiger partial charge is 0.497 e. The van der Waals surface area contributed by atoms with E-state index in [-0.39, 0.29) is 10.0 Å². The summed E-state index contributed by atoms with van der Waals surface area (Å²) in [5, 5.41) is 8.47. The molecule has 1 aromatic heterocycles. The Morgan fingerprint density at radius 1 is 1.24 bits per heavy atom. The lowest BCUT2D eigenvalue weighted by Gasteiger charge is -2.05. The normalized spacial score (nSPS) is 11.3. The van der Waals surface area contributed by atoms with Gasteiger partial charge in [-0.3, -0.25) is 4.72 Å². The van der Waals surface area contributed by atoms with Gasteiger partial charge < -0.3 is 9.47 Å². The van der Waals surface area contributed by atoms with E-state index in [1.165, 1.54) is 19.2 Å². The molecule has 0 saturated carbocycles. The first kappa shape index (κ1) is 15.7. The third-order valence-electron chi connectivity index (χ3n) is 2.49. The quantitative estimate of drug-likeness (QED) is 0.834. The summed E-state index contributed by atoms with van der Waals surface area (Å²) in [6.07, 6.45) is 0.